The molecule has 12 heteroatoms. The third-order valence-electron chi connectivity index (χ3n) is 4.15. The number of aromatic nitrogens is 1. The molecule has 0 bridgehead atoms. The maximum Gasteiger partial charge on any atom is 0.446 e. The Morgan fingerprint density at radius 1 is 1.12 bits per heavy atom. The summed E-state index contributed by atoms with van der Waals surface area (Å²) in [6, 6.07) is 12.1. The molecule has 0 aliphatic heterocycles. The van der Waals surface area contributed by atoms with Gasteiger partial charge >= 0.3 is 5.51 Å². The number of thioether (sulfide) groups is 1. The number of nitrogens with zero attached hydrogens (tertiary/aromatic N) is 1. The molecule has 0 saturated heterocycles. The number of sulfone groups is 1. The summed E-state index contributed by atoms with van der Waals surface area (Å²) in [4.78, 5) is 16.3. The van der Waals surface area contributed by atoms with Crippen molar-refractivity contribution < 1.29 is 36.2 Å². The van der Waals surface area contributed by atoms with Gasteiger partial charge in [0.25, 0.3) is 5.91 Å². The summed E-state index contributed by atoms with van der Waals surface area (Å²) < 4.78 is 66.0. The first-order valence-corrected chi connectivity index (χ1v) is 11.9. The van der Waals surface area contributed by atoms with Crippen LogP contribution in [0.3, 0.4) is 0 Å². The maximum atomic E-state index is 12.4. The van der Waals surface area contributed by atoms with Gasteiger partial charge in [-0.25, -0.2) is 8.42 Å². The lowest BCUT2D eigenvalue weighted by molar-refractivity contribution is -0.0328. The highest BCUT2D eigenvalue weighted by atomic mass is 32.2. The van der Waals surface area contributed by atoms with E-state index in [1.54, 1.807) is 6.07 Å². The monoisotopic (exact) mass is 498 g/mol. The van der Waals surface area contributed by atoms with E-state index in [1.807, 2.05) is 0 Å². The van der Waals surface area contributed by atoms with E-state index in [1.165, 1.54) is 48.7 Å². The number of carbonyl (C=O) groups is 1. The topological polar surface area (TPSA) is 106 Å². The second-order valence-corrected chi connectivity index (χ2v) is 9.88. The summed E-state index contributed by atoms with van der Waals surface area (Å²) in [5.74, 6) is -0.604. The summed E-state index contributed by atoms with van der Waals surface area (Å²) in [6.07, 6.45) is 2.24. The van der Waals surface area contributed by atoms with Crippen LogP contribution in [0.25, 0.3) is 0 Å². The molecule has 1 aromatic heterocycles. The molecule has 7 nitrogen and oxygen atoms in total. The van der Waals surface area contributed by atoms with Gasteiger partial charge in [0.15, 0.2) is 9.84 Å². The number of benzene rings is 2. The highest BCUT2D eigenvalue weighted by molar-refractivity contribution is 8.00. The molecule has 1 heterocycles. The van der Waals surface area contributed by atoms with Gasteiger partial charge in [-0.3, -0.25) is 9.78 Å². The average Bonchev–Trinajstić information content (AvgIpc) is 2.73. The van der Waals surface area contributed by atoms with Gasteiger partial charge < -0.3 is 15.2 Å². The molecule has 2 N–H and O–H groups in total. The lowest BCUT2D eigenvalue weighted by Crippen LogP contribution is -2.13. The van der Waals surface area contributed by atoms with Crippen molar-refractivity contribution in [3.63, 3.8) is 0 Å². The van der Waals surface area contributed by atoms with Crippen LogP contribution in [0.1, 0.15) is 16.1 Å². The van der Waals surface area contributed by atoms with Crippen molar-refractivity contribution >= 4 is 33.2 Å². The second-order valence-electron chi connectivity index (χ2n) is 6.75. The van der Waals surface area contributed by atoms with Crippen LogP contribution in [0.4, 0.5) is 18.9 Å². The molecule has 33 heavy (non-hydrogen) atoms. The predicted octanol–water partition coefficient (Wildman–Crippen LogP) is 4.63. The molecular weight excluding hydrogens is 481 g/mol. The summed E-state index contributed by atoms with van der Waals surface area (Å²) in [5.41, 5.74) is -3.51. The van der Waals surface area contributed by atoms with Crippen molar-refractivity contribution in [3.8, 4) is 11.5 Å². The number of carbonyl (C=O) groups excluding carboxylic acids is 1. The SMILES string of the molecule is CS(=O)(=O)c1cc(NC(=O)c2ccc(COc3ccc(SC(F)(F)F)cc3)nc2)ccc1O. The Kier molecular flexibility index (Phi) is 7.18. The molecule has 0 unspecified atom stereocenters. The van der Waals surface area contributed by atoms with Crippen molar-refractivity contribution in [1.82, 2.24) is 4.98 Å². The zero-order valence-corrected chi connectivity index (χ0v) is 18.6. The maximum absolute atomic E-state index is 12.4. The quantitative estimate of drug-likeness (QED) is 0.361. The Hall–Kier alpha value is -3.25. The first-order chi connectivity index (χ1) is 15.4. The number of rotatable bonds is 7. The van der Waals surface area contributed by atoms with Crippen LogP contribution in [-0.2, 0) is 16.4 Å². The fourth-order valence-electron chi connectivity index (χ4n) is 2.63. The molecule has 0 fully saturated rings. The predicted molar refractivity (Wildman–Crippen MR) is 116 cm³/mol. The van der Waals surface area contributed by atoms with E-state index in [0.717, 1.165) is 12.3 Å². The van der Waals surface area contributed by atoms with Crippen LogP contribution in [0.15, 0.2) is 70.6 Å². The van der Waals surface area contributed by atoms with Gasteiger partial charge in [-0.1, -0.05) is 0 Å². The standard InChI is InChI=1S/C21H17F3N2O5S2/c1-33(29,30)19-10-14(4-9-18(19)27)26-20(28)13-2-3-15(25-11-13)12-31-16-5-7-17(8-6-16)32-21(22,23)24/h2-11,27H,12H2,1H3,(H,26,28). The van der Waals surface area contributed by atoms with Crippen LogP contribution in [0.5, 0.6) is 11.5 Å². The van der Waals surface area contributed by atoms with Gasteiger partial charge in [-0.2, -0.15) is 13.2 Å². The Bertz CT molecular complexity index is 1250. The number of phenols is 1. The van der Waals surface area contributed by atoms with Crippen molar-refractivity contribution in [3.05, 3.63) is 72.1 Å². The van der Waals surface area contributed by atoms with Crippen molar-refractivity contribution in [1.29, 1.82) is 0 Å². The van der Waals surface area contributed by atoms with E-state index >= 15 is 0 Å². The van der Waals surface area contributed by atoms with Crippen LogP contribution >= 0.6 is 11.8 Å². The van der Waals surface area contributed by atoms with Gasteiger partial charge in [0.2, 0.25) is 0 Å². The summed E-state index contributed by atoms with van der Waals surface area (Å²) in [6.45, 7) is 0.0311. The smallest absolute Gasteiger partial charge is 0.446 e. The highest BCUT2D eigenvalue weighted by Crippen LogP contribution is 2.37. The number of anilines is 1. The fraction of sp³-hybridized carbons (Fsp3) is 0.143. The minimum absolute atomic E-state index is 0.0311. The number of nitrogens with one attached hydrogen (secondary N) is 1. The zero-order valence-electron chi connectivity index (χ0n) is 17.0. The summed E-state index contributed by atoms with van der Waals surface area (Å²) in [7, 11) is -3.68. The van der Waals surface area contributed by atoms with Crippen molar-refractivity contribution in [2.24, 2.45) is 0 Å². The third kappa shape index (κ3) is 7.12. The van der Waals surface area contributed by atoms with Crippen molar-refractivity contribution in [2.45, 2.75) is 21.9 Å². The van der Waals surface area contributed by atoms with E-state index in [2.05, 4.69) is 10.3 Å². The number of aromatic hydroxyl groups is 1. The van der Waals surface area contributed by atoms with Crippen LogP contribution in [0.2, 0.25) is 0 Å². The minimum Gasteiger partial charge on any atom is -0.507 e. The van der Waals surface area contributed by atoms with E-state index in [9.17, 15) is 31.5 Å². The molecule has 2 aromatic carbocycles. The van der Waals surface area contributed by atoms with Gasteiger partial charge in [-0.15, -0.1) is 0 Å². The van der Waals surface area contributed by atoms with E-state index in [4.69, 9.17) is 4.74 Å². The molecule has 0 aliphatic carbocycles. The largest absolute Gasteiger partial charge is 0.507 e. The molecule has 3 rings (SSSR count). The van der Waals surface area contributed by atoms with Gasteiger partial charge in [0.05, 0.1) is 11.3 Å². The lowest BCUT2D eigenvalue weighted by atomic mass is 10.2. The van der Waals surface area contributed by atoms with Crippen LogP contribution < -0.4 is 10.1 Å². The number of ether oxygens (including phenoxy) is 1. The number of pyridine rings is 1. The van der Waals surface area contributed by atoms with E-state index < -0.39 is 27.0 Å². The van der Waals surface area contributed by atoms with Gasteiger partial charge in [0.1, 0.15) is 23.0 Å². The number of hydrogen-bond donors (Lipinski definition) is 2. The molecule has 1 amide bonds. The molecule has 0 saturated carbocycles. The van der Waals surface area contributed by atoms with Gasteiger partial charge in [0, 0.05) is 23.0 Å². The average molecular weight is 499 g/mol. The first kappa shape index (κ1) is 24.4. The Balaban J connectivity index is 1.59. The molecule has 3 aromatic rings. The fourth-order valence-corrected chi connectivity index (χ4v) is 3.96. The summed E-state index contributed by atoms with van der Waals surface area (Å²) >= 11 is -0.217. The van der Waals surface area contributed by atoms with Crippen LogP contribution in [-0.4, -0.2) is 36.2 Å². The Morgan fingerprint density at radius 3 is 2.39 bits per heavy atom. The lowest BCUT2D eigenvalue weighted by Gasteiger charge is -2.10. The number of amides is 1. The second kappa shape index (κ2) is 9.71. The van der Waals surface area contributed by atoms with E-state index in [0.29, 0.717) is 11.4 Å². The minimum atomic E-state index is -4.36. The molecule has 0 aliphatic rings. The van der Waals surface area contributed by atoms with E-state index in [-0.39, 0.29) is 39.4 Å². The number of phenolic OH excluding ortho intramolecular Hbond substituents is 1. The normalized spacial score (nSPS) is 11.8. The Labute approximate surface area is 191 Å². The number of alkyl halides is 3. The first-order valence-electron chi connectivity index (χ1n) is 9.19. The number of hydrogen-bond acceptors (Lipinski definition) is 7. The van der Waals surface area contributed by atoms with Crippen molar-refractivity contribution in [2.75, 3.05) is 11.6 Å². The molecule has 0 radical (unpaired) electrons. The molecule has 0 atom stereocenters. The molecule has 0 spiro atoms. The molecule has 174 valence electrons. The highest BCUT2D eigenvalue weighted by Gasteiger charge is 2.29. The Morgan fingerprint density at radius 2 is 1.82 bits per heavy atom. The van der Waals surface area contributed by atoms with Crippen LogP contribution in [0, 0.1) is 0 Å². The molecular formula is C21H17F3N2O5S2. The zero-order chi connectivity index (χ0) is 24.2. The van der Waals surface area contributed by atoms with Gasteiger partial charge in [-0.05, 0) is 66.4 Å². The third-order valence-corrected chi connectivity index (χ3v) is 6.01. The number of halogens is 3. The summed E-state index contributed by atoms with van der Waals surface area (Å²) in [5, 5.41) is 12.2.